The molecule has 0 fully saturated rings. The third kappa shape index (κ3) is 4.61. The van der Waals surface area contributed by atoms with Crippen molar-refractivity contribution in [1.82, 2.24) is 15.3 Å². The second kappa shape index (κ2) is 7.66. The maximum atomic E-state index is 4.67. The first-order valence-corrected chi connectivity index (χ1v) is 8.17. The molecule has 0 unspecified atom stereocenters. The van der Waals surface area contributed by atoms with E-state index in [0.29, 0.717) is 0 Å². The van der Waals surface area contributed by atoms with E-state index in [1.807, 2.05) is 0 Å². The van der Waals surface area contributed by atoms with Crippen LogP contribution in [0.3, 0.4) is 0 Å². The van der Waals surface area contributed by atoms with E-state index in [-0.39, 0.29) is 0 Å². The molecule has 21 heavy (non-hydrogen) atoms. The molecule has 1 aromatic carbocycles. The monoisotopic (exact) mass is 347 g/mol. The van der Waals surface area contributed by atoms with Crippen molar-refractivity contribution in [2.45, 2.75) is 40.2 Å². The minimum Gasteiger partial charge on any atom is -0.313 e. The van der Waals surface area contributed by atoms with Crippen LogP contribution in [0.1, 0.15) is 41.7 Å². The Morgan fingerprint density at radius 3 is 2.24 bits per heavy atom. The summed E-state index contributed by atoms with van der Waals surface area (Å²) in [6.07, 6.45) is 1.91. The lowest BCUT2D eigenvalue weighted by atomic mass is 10.1. The molecule has 0 aliphatic carbocycles. The number of nitrogens with one attached hydrogen (secondary N) is 1. The number of rotatable bonds is 6. The summed E-state index contributed by atoms with van der Waals surface area (Å²) < 4.78 is 1.09. The molecule has 1 N–H and O–H groups in total. The summed E-state index contributed by atoms with van der Waals surface area (Å²) >= 11 is 3.46. The molecule has 1 heterocycles. The second-order valence-corrected chi connectivity index (χ2v) is 6.18. The van der Waals surface area contributed by atoms with Crippen molar-refractivity contribution in [3.8, 4) is 0 Å². The van der Waals surface area contributed by atoms with E-state index in [2.05, 4.69) is 76.3 Å². The molecule has 0 atom stereocenters. The average Bonchev–Trinajstić information content (AvgIpc) is 2.44. The highest BCUT2D eigenvalue weighted by atomic mass is 79.9. The first kappa shape index (κ1) is 16.1. The number of aromatic nitrogens is 2. The van der Waals surface area contributed by atoms with Gasteiger partial charge in [0.2, 0.25) is 0 Å². The molecule has 4 heteroatoms. The third-order valence-electron chi connectivity index (χ3n) is 3.47. The Bertz CT molecular complexity index is 570. The summed E-state index contributed by atoms with van der Waals surface area (Å²) in [5.74, 6) is 0.895. The van der Waals surface area contributed by atoms with Gasteiger partial charge in [-0.3, -0.25) is 0 Å². The predicted octanol–water partition coefficient (Wildman–Crippen LogP) is 3.95. The number of hydrogen-bond donors (Lipinski definition) is 1. The Morgan fingerprint density at radius 1 is 1.05 bits per heavy atom. The van der Waals surface area contributed by atoms with Gasteiger partial charge >= 0.3 is 0 Å². The van der Waals surface area contributed by atoms with Crippen molar-refractivity contribution in [2.75, 3.05) is 6.54 Å². The average molecular weight is 348 g/mol. The van der Waals surface area contributed by atoms with Crippen LogP contribution < -0.4 is 5.32 Å². The summed E-state index contributed by atoms with van der Waals surface area (Å²) in [5.41, 5.74) is 4.62. The molecule has 0 bridgehead atoms. The molecule has 1 aromatic heterocycles. The zero-order chi connectivity index (χ0) is 15.2. The summed E-state index contributed by atoms with van der Waals surface area (Å²) in [7, 11) is 0. The molecule has 112 valence electrons. The zero-order valence-electron chi connectivity index (χ0n) is 12.9. The maximum Gasteiger partial charge on any atom is 0.133 e. The van der Waals surface area contributed by atoms with Gasteiger partial charge in [-0.25, -0.2) is 9.97 Å². The van der Waals surface area contributed by atoms with Crippen LogP contribution in [0.2, 0.25) is 0 Å². The number of hydrogen-bond acceptors (Lipinski definition) is 3. The van der Waals surface area contributed by atoms with Gasteiger partial charge in [-0.15, -0.1) is 0 Å². The Hall–Kier alpha value is -1.26. The van der Waals surface area contributed by atoms with E-state index < -0.39 is 0 Å². The van der Waals surface area contributed by atoms with Crippen LogP contribution in [0.5, 0.6) is 0 Å². The lowest BCUT2D eigenvalue weighted by Crippen LogP contribution is -2.17. The largest absolute Gasteiger partial charge is 0.313 e. The topological polar surface area (TPSA) is 37.8 Å². The molecular weight excluding hydrogens is 326 g/mol. The van der Waals surface area contributed by atoms with Crippen LogP contribution in [0, 0.1) is 13.8 Å². The molecule has 0 aliphatic heterocycles. The number of halogens is 1. The van der Waals surface area contributed by atoms with E-state index in [1.54, 1.807) is 0 Å². The van der Waals surface area contributed by atoms with Crippen molar-refractivity contribution in [2.24, 2.45) is 0 Å². The fourth-order valence-electron chi connectivity index (χ4n) is 2.32. The fourth-order valence-corrected chi connectivity index (χ4v) is 2.58. The molecule has 2 aromatic rings. The van der Waals surface area contributed by atoms with Crippen LogP contribution in [-0.4, -0.2) is 16.5 Å². The number of aryl methyl sites for hydroxylation is 2. The molecule has 0 saturated heterocycles. The molecule has 2 rings (SSSR count). The molecule has 0 spiro atoms. The van der Waals surface area contributed by atoms with Crippen molar-refractivity contribution >= 4 is 15.9 Å². The van der Waals surface area contributed by atoms with E-state index in [1.165, 1.54) is 11.1 Å². The minimum absolute atomic E-state index is 0.775. The number of nitrogens with zero attached hydrogens (tertiary/aromatic N) is 2. The predicted molar refractivity (Wildman–Crippen MR) is 90.5 cm³/mol. The fraction of sp³-hybridized carbons (Fsp3) is 0.412. The van der Waals surface area contributed by atoms with Crippen LogP contribution in [0.15, 0.2) is 28.7 Å². The van der Waals surface area contributed by atoms with Crippen molar-refractivity contribution in [3.63, 3.8) is 0 Å². The lowest BCUT2D eigenvalue weighted by Gasteiger charge is -2.11. The van der Waals surface area contributed by atoms with Gasteiger partial charge in [0.05, 0.1) is 0 Å². The van der Waals surface area contributed by atoms with Gasteiger partial charge in [0.15, 0.2) is 0 Å². The highest BCUT2D eigenvalue weighted by Gasteiger charge is 2.08. The van der Waals surface area contributed by atoms with Gasteiger partial charge < -0.3 is 5.32 Å². The van der Waals surface area contributed by atoms with E-state index in [0.717, 1.165) is 47.6 Å². The van der Waals surface area contributed by atoms with Gasteiger partial charge in [-0.05, 0) is 44.5 Å². The van der Waals surface area contributed by atoms with Crippen molar-refractivity contribution < 1.29 is 0 Å². The normalized spacial score (nSPS) is 10.9. The highest BCUT2D eigenvalue weighted by Crippen LogP contribution is 2.15. The molecule has 0 amide bonds. The van der Waals surface area contributed by atoms with Crippen LogP contribution in [-0.2, 0) is 13.0 Å². The lowest BCUT2D eigenvalue weighted by molar-refractivity contribution is 0.662. The molecule has 0 saturated carbocycles. The first-order valence-electron chi connectivity index (χ1n) is 7.38. The Labute approximate surface area is 135 Å². The summed E-state index contributed by atoms with van der Waals surface area (Å²) in [5, 5.41) is 3.42. The van der Waals surface area contributed by atoms with Crippen LogP contribution >= 0.6 is 15.9 Å². The van der Waals surface area contributed by atoms with Gasteiger partial charge in [0.25, 0.3) is 0 Å². The number of benzene rings is 1. The molecule has 3 nitrogen and oxygen atoms in total. The second-order valence-electron chi connectivity index (χ2n) is 5.27. The SMILES string of the molecule is CCCNCc1c(C)nc(Cc2ccc(Br)cc2)nc1C. The summed E-state index contributed by atoms with van der Waals surface area (Å²) in [6.45, 7) is 8.19. The Kier molecular flexibility index (Phi) is 5.88. The smallest absolute Gasteiger partial charge is 0.133 e. The van der Waals surface area contributed by atoms with Gasteiger partial charge in [-0.1, -0.05) is 35.0 Å². The van der Waals surface area contributed by atoms with Crippen molar-refractivity contribution in [3.05, 3.63) is 57.1 Å². The molecule has 0 radical (unpaired) electrons. The molecule has 0 aliphatic rings. The third-order valence-corrected chi connectivity index (χ3v) is 4.00. The Balaban J connectivity index is 2.13. The highest BCUT2D eigenvalue weighted by molar-refractivity contribution is 9.10. The quantitative estimate of drug-likeness (QED) is 0.804. The minimum atomic E-state index is 0.775. The van der Waals surface area contributed by atoms with Gasteiger partial charge in [0, 0.05) is 34.4 Å². The van der Waals surface area contributed by atoms with E-state index in [4.69, 9.17) is 0 Å². The van der Waals surface area contributed by atoms with Gasteiger partial charge in [-0.2, -0.15) is 0 Å². The Morgan fingerprint density at radius 2 is 1.67 bits per heavy atom. The maximum absolute atomic E-state index is 4.67. The van der Waals surface area contributed by atoms with E-state index in [9.17, 15) is 0 Å². The van der Waals surface area contributed by atoms with Gasteiger partial charge in [0.1, 0.15) is 5.82 Å². The first-order chi connectivity index (χ1) is 10.1. The standard InChI is InChI=1S/C17H22BrN3/c1-4-9-19-11-16-12(2)20-17(21-13(16)3)10-14-5-7-15(18)8-6-14/h5-8,19H,4,9-11H2,1-3H3. The van der Waals surface area contributed by atoms with E-state index >= 15 is 0 Å². The summed E-state index contributed by atoms with van der Waals surface area (Å²) in [6, 6.07) is 8.32. The summed E-state index contributed by atoms with van der Waals surface area (Å²) in [4.78, 5) is 9.34. The van der Waals surface area contributed by atoms with Crippen LogP contribution in [0.25, 0.3) is 0 Å². The van der Waals surface area contributed by atoms with Crippen LogP contribution in [0.4, 0.5) is 0 Å². The zero-order valence-corrected chi connectivity index (χ0v) is 14.5. The van der Waals surface area contributed by atoms with Crippen molar-refractivity contribution in [1.29, 1.82) is 0 Å². The molecular formula is C17H22BrN3.